The Kier molecular flexibility index (Phi) is 2.74. The van der Waals surface area contributed by atoms with Gasteiger partial charge < -0.3 is 0 Å². The highest BCUT2D eigenvalue weighted by atomic mass is 16.1. The van der Waals surface area contributed by atoms with Gasteiger partial charge in [-0.25, -0.2) is 0 Å². The number of fused-ring (bicyclic) bond motifs is 2. The van der Waals surface area contributed by atoms with Crippen molar-refractivity contribution in [1.82, 2.24) is 0 Å². The molecule has 0 fully saturated rings. The van der Waals surface area contributed by atoms with E-state index in [2.05, 4.69) is 51.1 Å². The first kappa shape index (κ1) is 12.4. The van der Waals surface area contributed by atoms with Crippen LogP contribution in [0.3, 0.4) is 0 Å². The van der Waals surface area contributed by atoms with E-state index < -0.39 is 0 Å². The van der Waals surface area contributed by atoms with E-state index in [1.54, 1.807) is 0 Å². The molecule has 0 unspecified atom stereocenters. The monoisotopic (exact) mass is 252 g/mol. The molecule has 1 nitrogen and oxygen atoms in total. The highest BCUT2D eigenvalue weighted by Crippen LogP contribution is 2.29. The second-order valence-electron chi connectivity index (χ2n) is 6.65. The van der Waals surface area contributed by atoms with E-state index in [-0.39, 0.29) is 5.41 Å². The van der Waals surface area contributed by atoms with Crippen LogP contribution < -0.4 is 0 Å². The van der Waals surface area contributed by atoms with Gasteiger partial charge in [-0.2, -0.15) is 0 Å². The van der Waals surface area contributed by atoms with E-state index in [9.17, 15) is 4.79 Å². The van der Waals surface area contributed by atoms with Crippen LogP contribution in [0.25, 0.3) is 10.8 Å². The Bertz CT molecular complexity index is 659. The van der Waals surface area contributed by atoms with Crippen LogP contribution in [0.5, 0.6) is 0 Å². The van der Waals surface area contributed by atoms with Gasteiger partial charge in [0.2, 0.25) is 0 Å². The van der Waals surface area contributed by atoms with Crippen molar-refractivity contribution < 1.29 is 4.79 Å². The Balaban J connectivity index is 2.15. The molecular formula is C18H20O. The summed E-state index contributed by atoms with van der Waals surface area (Å²) >= 11 is 0. The lowest BCUT2D eigenvalue weighted by molar-refractivity contribution is -0.118. The van der Waals surface area contributed by atoms with Crippen LogP contribution in [0.15, 0.2) is 30.3 Å². The third-order valence-corrected chi connectivity index (χ3v) is 4.09. The molecule has 0 aliphatic heterocycles. The molecule has 1 aliphatic rings. The van der Waals surface area contributed by atoms with Gasteiger partial charge in [-0.15, -0.1) is 0 Å². The predicted octanol–water partition coefficient (Wildman–Crippen LogP) is 4.20. The minimum atomic E-state index is 0.181. The number of benzene rings is 2. The molecule has 0 saturated heterocycles. The molecule has 2 aromatic rings. The Morgan fingerprint density at radius 3 is 2.37 bits per heavy atom. The predicted molar refractivity (Wildman–Crippen MR) is 79.7 cm³/mol. The van der Waals surface area contributed by atoms with Crippen LogP contribution in [0, 0.1) is 0 Å². The average Bonchev–Trinajstić information content (AvgIpc) is 2.34. The maximum absolute atomic E-state index is 11.5. The molecule has 1 aliphatic carbocycles. The highest BCUT2D eigenvalue weighted by Gasteiger charge is 2.18. The molecule has 0 amide bonds. The molecule has 0 saturated carbocycles. The highest BCUT2D eigenvalue weighted by molar-refractivity contribution is 5.89. The second kappa shape index (κ2) is 4.19. The molecule has 0 bridgehead atoms. The van der Waals surface area contributed by atoms with E-state index in [1.807, 2.05) is 0 Å². The number of aryl methyl sites for hydroxylation is 1. The molecular weight excluding hydrogens is 232 g/mol. The molecule has 0 heterocycles. The SMILES string of the molecule is CC(C)(C)c1ccc2cc3c(cc2c1)CCC(=O)C3. The largest absolute Gasteiger partial charge is 0.299 e. The fourth-order valence-corrected chi connectivity index (χ4v) is 2.83. The molecule has 0 radical (unpaired) electrons. The molecule has 0 spiro atoms. The summed E-state index contributed by atoms with van der Waals surface area (Å²) in [7, 11) is 0. The van der Waals surface area contributed by atoms with Crippen LogP contribution in [0.2, 0.25) is 0 Å². The normalized spacial score (nSPS) is 15.6. The standard InChI is InChI=1S/C18H20O/c1-18(2,3)16-6-4-12-9-15-11-17(19)7-5-13(15)8-14(12)10-16/h4,6,8-10H,5,7,11H2,1-3H3. The maximum atomic E-state index is 11.5. The van der Waals surface area contributed by atoms with Crippen molar-refractivity contribution in [3.8, 4) is 0 Å². The minimum absolute atomic E-state index is 0.181. The summed E-state index contributed by atoms with van der Waals surface area (Å²) in [6.45, 7) is 6.72. The van der Waals surface area contributed by atoms with Crippen molar-refractivity contribution in [2.45, 2.75) is 45.4 Å². The summed E-state index contributed by atoms with van der Waals surface area (Å²) in [6, 6.07) is 11.2. The Hall–Kier alpha value is -1.63. The Morgan fingerprint density at radius 2 is 1.63 bits per heavy atom. The molecule has 2 aromatic carbocycles. The molecule has 19 heavy (non-hydrogen) atoms. The number of Topliss-reactive ketones (excluding diaryl/α,β-unsaturated/α-hetero) is 1. The third kappa shape index (κ3) is 2.30. The fraction of sp³-hybridized carbons (Fsp3) is 0.389. The lowest BCUT2D eigenvalue weighted by Crippen LogP contribution is -2.13. The lowest BCUT2D eigenvalue weighted by atomic mass is 9.84. The summed E-state index contributed by atoms with van der Waals surface area (Å²) in [5.41, 5.74) is 4.14. The van der Waals surface area contributed by atoms with Gasteiger partial charge >= 0.3 is 0 Å². The van der Waals surface area contributed by atoms with E-state index in [1.165, 1.54) is 27.5 Å². The third-order valence-electron chi connectivity index (χ3n) is 4.09. The maximum Gasteiger partial charge on any atom is 0.137 e. The van der Waals surface area contributed by atoms with Gasteiger partial charge in [0.15, 0.2) is 0 Å². The Morgan fingerprint density at radius 1 is 0.895 bits per heavy atom. The van der Waals surface area contributed by atoms with Crippen LogP contribution in [-0.2, 0) is 23.1 Å². The molecule has 0 N–H and O–H groups in total. The fourth-order valence-electron chi connectivity index (χ4n) is 2.83. The van der Waals surface area contributed by atoms with Crippen molar-refractivity contribution in [1.29, 1.82) is 0 Å². The number of ketones is 1. The minimum Gasteiger partial charge on any atom is -0.299 e. The van der Waals surface area contributed by atoms with Gasteiger partial charge in [0.1, 0.15) is 5.78 Å². The summed E-state index contributed by atoms with van der Waals surface area (Å²) in [5, 5.41) is 2.56. The van der Waals surface area contributed by atoms with Crippen molar-refractivity contribution in [2.75, 3.05) is 0 Å². The second-order valence-corrected chi connectivity index (χ2v) is 6.65. The van der Waals surface area contributed by atoms with E-state index in [4.69, 9.17) is 0 Å². The van der Waals surface area contributed by atoms with Crippen LogP contribution in [0.4, 0.5) is 0 Å². The van der Waals surface area contributed by atoms with Crippen LogP contribution in [0.1, 0.15) is 43.9 Å². The van der Waals surface area contributed by atoms with Crippen LogP contribution in [-0.4, -0.2) is 5.78 Å². The quantitative estimate of drug-likeness (QED) is 0.687. The van der Waals surface area contributed by atoms with E-state index in [0.29, 0.717) is 18.6 Å². The number of hydrogen-bond acceptors (Lipinski definition) is 1. The van der Waals surface area contributed by atoms with Crippen molar-refractivity contribution in [3.05, 3.63) is 47.0 Å². The molecule has 0 aromatic heterocycles. The molecule has 0 atom stereocenters. The van der Waals surface area contributed by atoms with Gasteiger partial charge in [0.05, 0.1) is 0 Å². The molecule has 3 rings (SSSR count). The summed E-state index contributed by atoms with van der Waals surface area (Å²) in [5.74, 6) is 0.373. The number of carbonyl (C=O) groups is 1. The van der Waals surface area contributed by atoms with Gasteiger partial charge in [0, 0.05) is 12.8 Å². The molecule has 98 valence electrons. The lowest BCUT2D eigenvalue weighted by Gasteiger charge is -2.21. The van der Waals surface area contributed by atoms with Crippen molar-refractivity contribution >= 4 is 16.6 Å². The zero-order chi connectivity index (χ0) is 13.6. The van der Waals surface area contributed by atoms with Gasteiger partial charge in [-0.3, -0.25) is 4.79 Å². The van der Waals surface area contributed by atoms with Gasteiger partial charge in [0.25, 0.3) is 0 Å². The smallest absolute Gasteiger partial charge is 0.137 e. The average molecular weight is 252 g/mol. The first-order valence-corrected chi connectivity index (χ1v) is 7.01. The number of hydrogen-bond donors (Lipinski definition) is 0. The summed E-state index contributed by atoms with van der Waals surface area (Å²) in [4.78, 5) is 11.5. The first-order valence-electron chi connectivity index (χ1n) is 7.01. The zero-order valence-electron chi connectivity index (χ0n) is 11.9. The van der Waals surface area contributed by atoms with Crippen molar-refractivity contribution in [2.24, 2.45) is 0 Å². The summed E-state index contributed by atoms with van der Waals surface area (Å²) in [6.07, 6.45) is 2.23. The topological polar surface area (TPSA) is 17.1 Å². The van der Waals surface area contributed by atoms with Gasteiger partial charge in [-0.1, -0.05) is 51.1 Å². The Labute approximate surface area is 114 Å². The van der Waals surface area contributed by atoms with Crippen molar-refractivity contribution in [3.63, 3.8) is 0 Å². The summed E-state index contributed by atoms with van der Waals surface area (Å²) < 4.78 is 0. The van der Waals surface area contributed by atoms with Crippen LogP contribution >= 0.6 is 0 Å². The van der Waals surface area contributed by atoms with E-state index >= 15 is 0 Å². The number of rotatable bonds is 0. The van der Waals surface area contributed by atoms with Gasteiger partial charge in [-0.05, 0) is 39.3 Å². The zero-order valence-corrected chi connectivity index (χ0v) is 11.9. The first-order chi connectivity index (χ1) is 8.93. The van der Waals surface area contributed by atoms with E-state index in [0.717, 1.165) is 6.42 Å². The molecule has 1 heteroatoms. The number of carbonyl (C=O) groups excluding carboxylic acids is 1.